The molecule has 0 aromatic carbocycles. The minimum Gasteiger partial charge on any atom is -0.540 e. The zero-order valence-corrected chi connectivity index (χ0v) is 7.07. The van der Waals surface area contributed by atoms with Gasteiger partial charge in [0.1, 0.15) is 5.70 Å². The summed E-state index contributed by atoms with van der Waals surface area (Å²) in [5, 5.41) is 0. The highest BCUT2D eigenvalue weighted by Gasteiger charge is 2.25. The Morgan fingerprint density at radius 3 is 3.38 bits per heavy atom. The van der Waals surface area contributed by atoms with Gasteiger partial charge >= 0.3 is 12.5 Å². The van der Waals surface area contributed by atoms with Gasteiger partial charge in [0.05, 0.1) is 5.57 Å². The third-order valence-corrected chi connectivity index (χ3v) is 2.28. The van der Waals surface area contributed by atoms with E-state index in [1.54, 1.807) is 25.4 Å². The largest absolute Gasteiger partial charge is 0.540 e. The zero-order chi connectivity index (χ0) is 8.84. The average Bonchev–Trinajstić information content (AvgIpc) is 2.71. The van der Waals surface area contributed by atoms with Gasteiger partial charge in [0.2, 0.25) is 0 Å². The fraction of sp³-hybridized carbons (Fsp3) is 0.100. The van der Waals surface area contributed by atoms with Crippen LogP contribution in [0.3, 0.4) is 0 Å². The highest BCUT2D eigenvalue weighted by Crippen LogP contribution is 2.33. The van der Waals surface area contributed by atoms with E-state index in [0.29, 0.717) is 0 Å². The smallest absolute Gasteiger partial charge is 0.340 e. The molecule has 3 heteroatoms. The van der Waals surface area contributed by atoms with Gasteiger partial charge in [-0.2, -0.15) is 0 Å². The molecule has 0 spiro atoms. The van der Waals surface area contributed by atoms with E-state index < -0.39 is 0 Å². The van der Waals surface area contributed by atoms with Crippen molar-refractivity contribution < 1.29 is 9.16 Å². The van der Waals surface area contributed by atoms with Crippen LogP contribution in [0.5, 0.6) is 0 Å². The molecule has 0 fully saturated rings. The highest BCUT2D eigenvalue weighted by molar-refractivity contribution is 5.83. The van der Waals surface area contributed by atoms with E-state index in [2.05, 4.69) is 5.73 Å². The minimum absolute atomic E-state index is 0.969. The van der Waals surface area contributed by atoms with Crippen molar-refractivity contribution in [3.63, 3.8) is 0 Å². The highest BCUT2D eigenvalue weighted by atomic mass is 16.5. The van der Waals surface area contributed by atoms with Crippen molar-refractivity contribution >= 4 is 6.29 Å². The topological polar surface area (TPSA) is 23.8 Å². The lowest BCUT2D eigenvalue weighted by molar-refractivity contribution is -0.363. The van der Waals surface area contributed by atoms with Crippen molar-refractivity contribution in [3.8, 4) is 0 Å². The molecule has 0 atom stereocenters. The number of nitrogens with zero attached hydrogens (tertiary/aromatic N) is 1. The summed E-state index contributed by atoms with van der Waals surface area (Å²) >= 11 is 0. The van der Waals surface area contributed by atoms with E-state index in [1.165, 1.54) is 0 Å². The van der Waals surface area contributed by atoms with Crippen LogP contribution >= 0.6 is 0 Å². The van der Waals surface area contributed by atoms with Gasteiger partial charge in [-0.05, 0) is 19.4 Å². The molecule has 0 amide bonds. The average molecular weight is 173 g/mol. The Labute approximate surface area is 75.6 Å². The number of hydrogen-bond donors (Lipinski definition) is 0. The summed E-state index contributed by atoms with van der Waals surface area (Å²) in [7, 11) is 1.98. The van der Waals surface area contributed by atoms with Crippen molar-refractivity contribution in [3.05, 3.63) is 47.4 Å². The molecule has 0 N–H and O–H groups in total. The monoisotopic (exact) mass is 173 g/mol. The number of fused-ring (bicyclic) bond motifs is 2. The van der Waals surface area contributed by atoms with Crippen LogP contribution in [0.4, 0.5) is 0 Å². The molecule has 0 aromatic heterocycles. The molecule has 0 radical (unpaired) electrons. The van der Waals surface area contributed by atoms with Crippen molar-refractivity contribution in [1.82, 2.24) is 4.90 Å². The molecule has 3 aliphatic rings. The van der Waals surface area contributed by atoms with E-state index in [1.807, 2.05) is 11.9 Å². The Balaban J connectivity index is 2.27. The molecule has 0 unspecified atom stereocenters. The molecule has 13 heavy (non-hydrogen) atoms. The second kappa shape index (κ2) is 2.09. The Kier molecular flexibility index (Phi) is 1.07. The summed E-state index contributed by atoms with van der Waals surface area (Å²) in [4.78, 5) is 2.02. The summed E-state index contributed by atoms with van der Waals surface area (Å²) < 4.78 is 10.2. The lowest BCUT2D eigenvalue weighted by Gasteiger charge is -2.27. The van der Waals surface area contributed by atoms with Gasteiger partial charge in [-0.1, -0.05) is 5.57 Å². The van der Waals surface area contributed by atoms with Gasteiger partial charge in [-0.3, -0.25) is 5.73 Å². The molecule has 0 aliphatic carbocycles. The van der Waals surface area contributed by atoms with Gasteiger partial charge in [0, 0.05) is 6.26 Å². The molecule has 0 saturated heterocycles. The summed E-state index contributed by atoms with van der Waals surface area (Å²) in [6.45, 7) is 1.68. The number of likely N-dealkylation sites (N-methyl/N-ethyl adjacent to an activating group) is 1. The zero-order valence-electron chi connectivity index (χ0n) is 7.07. The lowest BCUT2D eigenvalue weighted by atomic mass is 10.1. The molecule has 3 heterocycles. The summed E-state index contributed by atoms with van der Waals surface area (Å²) in [6, 6.07) is 0. The van der Waals surface area contributed by atoms with E-state index in [4.69, 9.17) is 9.16 Å². The number of carbonyl (C=O) groups excluding carboxylic acids is 1. The van der Waals surface area contributed by atoms with E-state index in [-0.39, 0.29) is 0 Å². The van der Waals surface area contributed by atoms with Gasteiger partial charge in [0.15, 0.2) is 0 Å². The van der Waals surface area contributed by atoms with Crippen molar-refractivity contribution in [2.45, 2.75) is 0 Å². The van der Waals surface area contributed by atoms with Gasteiger partial charge in [-0.25, -0.2) is 4.42 Å². The predicted molar refractivity (Wildman–Crippen MR) is 45.9 cm³/mol. The van der Waals surface area contributed by atoms with Crippen molar-refractivity contribution in [2.75, 3.05) is 7.05 Å². The lowest BCUT2D eigenvalue weighted by Crippen LogP contribution is -2.20. The van der Waals surface area contributed by atoms with Crippen LogP contribution < -0.4 is 0 Å². The van der Waals surface area contributed by atoms with Crippen LogP contribution in [0.1, 0.15) is 0 Å². The quantitative estimate of drug-likeness (QED) is 0.236. The van der Waals surface area contributed by atoms with Crippen LogP contribution in [0.15, 0.2) is 40.8 Å². The summed E-state index contributed by atoms with van der Waals surface area (Å²) in [6.07, 6.45) is 5.10. The normalized spacial score (nSPS) is 22.1. The maximum Gasteiger partial charge on any atom is 0.340 e. The van der Waals surface area contributed by atoms with Crippen LogP contribution in [-0.2, 0) is 9.16 Å². The second-order valence-corrected chi connectivity index (χ2v) is 3.03. The van der Waals surface area contributed by atoms with Gasteiger partial charge in [0.25, 0.3) is 0 Å². The number of rotatable bonds is 0. The fourth-order valence-electron chi connectivity index (χ4n) is 1.56. The number of ether oxygens (including phenoxy) is 1. The molecule has 64 valence electrons. The van der Waals surface area contributed by atoms with Crippen molar-refractivity contribution in [2.24, 2.45) is 0 Å². The van der Waals surface area contributed by atoms with E-state index in [9.17, 15) is 0 Å². The molecule has 3 rings (SSSR count). The van der Waals surface area contributed by atoms with Crippen molar-refractivity contribution in [1.29, 1.82) is 0 Å². The Morgan fingerprint density at radius 2 is 2.46 bits per heavy atom. The molecule has 3 aliphatic heterocycles. The standard InChI is InChI=1S/C10H7NO2/c1-11-9-5-12-3-7(9)2-8-4-13-6-10(8)11/h3-6H,1H3. The van der Waals surface area contributed by atoms with Crippen LogP contribution in [0, 0.1) is 6.61 Å². The van der Waals surface area contributed by atoms with Crippen LogP contribution in [0.25, 0.3) is 0 Å². The van der Waals surface area contributed by atoms with E-state index in [0.717, 1.165) is 22.5 Å². The van der Waals surface area contributed by atoms with E-state index >= 15 is 0 Å². The molecular formula is C10H7NO2. The first-order chi connectivity index (χ1) is 6.36. The first kappa shape index (κ1) is 6.63. The fourth-order valence-corrected chi connectivity index (χ4v) is 1.56. The minimum atomic E-state index is 0.969. The third-order valence-electron chi connectivity index (χ3n) is 2.28. The number of allylic oxidation sites excluding steroid dienone is 1. The maximum absolute atomic E-state index is 5.10. The second-order valence-electron chi connectivity index (χ2n) is 3.03. The summed E-state index contributed by atoms with van der Waals surface area (Å²) in [5.74, 6) is 0. The third kappa shape index (κ3) is 0.740. The summed E-state index contributed by atoms with van der Waals surface area (Å²) in [5.41, 5.74) is 7.18. The first-order valence-electron chi connectivity index (χ1n) is 3.99. The number of aldehydes is 1. The van der Waals surface area contributed by atoms with Gasteiger partial charge in [-0.15, -0.1) is 0 Å². The molecule has 0 aromatic rings. The van der Waals surface area contributed by atoms with Crippen LogP contribution in [0.2, 0.25) is 0 Å². The van der Waals surface area contributed by atoms with Crippen LogP contribution in [-0.4, -0.2) is 18.2 Å². The SMILES string of the molecule is CN1C2=C[O+]=CC2=C=C2[CH-]OC=C21. The molecular weight excluding hydrogens is 166 g/mol. The van der Waals surface area contributed by atoms with Gasteiger partial charge < -0.3 is 9.64 Å². The molecule has 0 bridgehead atoms. The Bertz CT molecular complexity index is 432. The predicted octanol–water partition coefficient (Wildman–Crippen LogP) is 1.01. The number of hydrogen-bond acceptors (Lipinski definition) is 2. The Morgan fingerprint density at radius 1 is 1.54 bits per heavy atom. The molecule has 3 nitrogen and oxygen atoms in total. The maximum atomic E-state index is 5.10. The Hall–Kier alpha value is -1.86. The molecule has 0 saturated carbocycles. The first-order valence-corrected chi connectivity index (χ1v) is 3.99.